The van der Waals surface area contributed by atoms with Crippen molar-refractivity contribution in [2.75, 3.05) is 0 Å². The number of hydrogen-bond acceptors (Lipinski definition) is 0. The first-order valence-electron chi connectivity index (χ1n) is 3.91. The van der Waals surface area contributed by atoms with Gasteiger partial charge in [0.15, 0.2) is 0 Å². The third kappa shape index (κ3) is 0.810. The third-order valence-electron chi connectivity index (χ3n) is 2.94. The third-order valence-corrected chi connectivity index (χ3v) is 2.94. The lowest BCUT2D eigenvalue weighted by Gasteiger charge is -2.06. The molecule has 0 aliphatic heterocycles. The Morgan fingerprint density at radius 1 is 1.33 bits per heavy atom. The van der Waals surface area contributed by atoms with Crippen LogP contribution in [-0.2, 0) is 0 Å². The molecule has 0 unspecified atom stereocenters. The van der Waals surface area contributed by atoms with Crippen LogP contribution in [0.1, 0.15) is 39.5 Å². The summed E-state index contributed by atoms with van der Waals surface area (Å²) >= 11 is 0. The number of rotatable bonds is 1. The summed E-state index contributed by atoms with van der Waals surface area (Å²) in [4.78, 5) is 0. The van der Waals surface area contributed by atoms with Crippen LogP contribution in [0.4, 0.5) is 0 Å². The van der Waals surface area contributed by atoms with Crippen molar-refractivity contribution >= 4 is 0 Å². The zero-order valence-corrected chi connectivity index (χ0v) is 6.33. The first-order chi connectivity index (χ1) is 4.22. The van der Waals surface area contributed by atoms with Crippen molar-refractivity contribution in [2.45, 2.75) is 39.5 Å². The zero-order chi connectivity index (χ0) is 6.48. The van der Waals surface area contributed by atoms with Crippen LogP contribution in [0.5, 0.6) is 0 Å². The highest BCUT2D eigenvalue weighted by atomic mass is 14.5. The highest BCUT2D eigenvalue weighted by molar-refractivity contribution is 5.31. The van der Waals surface area contributed by atoms with Crippen molar-refractivity contribution in [1.29, 1.82) is 0 Å². The van der Waals surface area contributed by atoms with Gasteiger partial charge in [-0.2, -0.15) is 0 Å². The average molecular weight is 122 g/mol. The molecule has 2 fully saturated rings. The van der Waals surface area contributed by atoms with Crippen LogP contribution < -0.4 is 0 Å². The molecular weight excluding hydrogens is 108 g/mol. The lowest BCUT2D eigenvalue weighted by molar-refractivity contribution is 0.685. The molecule has 0 aromatic heterocycles. The lowest BCUT2D eigenvalue weighted by atomic mass is 9.99. The molecular formula is C9H14. The zero-order valence-electron chi connectivity index (χ0n) is 6.33. The Hall–Kier alpha value is -0.260. The van der Waals surface area contributed by atoms with E-state index >= 15 is 0 Å². The quantitative estimate of drug-likeness (QED) is 0.469. The minimum atomic E-state index is 0.672. The van der Waals surface area contributed by atoms with E-state index in [0.717, 1.165) is 0 Å². The monoisotopic (exact) mass is 122 g/mol. The molecule has 0 atom stereocenters. The van der Waals surface area contributed by atoms with Crippen LogP contribution in [0.3, 0.4) is 0 Å². The molecule has 2 aliphatic rings. The van der Waals surface area contributed by atoms with Crippen LogP contribution in [0.15, 0.2) is 11.1 Å². The van der Waals surface area contributed by atoms with Gasteiger partial charge in [-0.05, 0) is 38.0 Å². The first kappa shape index (κ1) is 5.52. The van der Waals surface area contributed by atoms with Crippen LogP contribution in [-0.4, -0.2) is 0 Å². The SMILES string of the molecule is CC(=C1CC1)C1(C)CC1. The van der Waals surface area contributed by atoms with Crippen molar-refractivity contribution in [2.24, 2.45) is 5.41 Å². The molecule has 0 amide bonds. The minimum Gasteiger partial charge on any atom is -0.0701 e. The molecule has 0 aromatic carbocycles. The molecule has 0 bridgehead atoms. The van der Waals surface area contributed by atoms with Gasteiger partial charge in [-0.25, -0.2) is 0 Å². The topological polar surface area (TPSA) is 0 Å². The van der Waals surface area contributed by atoms with Crippen LogP contribution in [0.25, 0.3) is 0 Å². The van der Waals surface area contributed by atoms with Gasteiger partial charge in [0.25, 0.3) is 0 Å². The molecule has 2 aliphatic carbocycles. The van der Waals surface area contributed by atoms with E-state index < -0.39 is 0 Å². The molecule has 9 heavy (non-hydrogen) atoms. The standard InChI is InChI=1S/C9H14/c1-7(8-3-4-8)9(2)5-6-9/h3-6H2,1-2H3. The maximum atomic E-state index is 2.40. The van der Waals surface area contributed by atoms with Gasteiger partial charge in [0, 0.05) is 0 Å². The molecule has 0 N–H and O–H groups in total. The molecule has 0 heteroatoms. The lowest BCUT2D eigenvalue weighted by Crippen LogP contribution is -1.93. The Bertz CT molecular complexity index is 164. The van der Waals surface area contributed by atoms with Gasteiger partial charge in [0.05, 0.1) is 0 Å². The normalized spacial score (nSPS) is 28.0. The Balaban J connectivity index is 2.21. The smallest absolute Gasteiger partial charge is 0.0116 e. The van der Waals surface area contributed by atoms with Gasteiger partial charge in [-0.1, -0.05) is 18.1 Å². The Labute approximate surface area is 57.0 Å². The summed E-state index contributed by atoms with van der Waals surface area (Å²) in [7, 11) is 0. The molecule has 50 valence electrons. The fraction of sp³-hybridized carbons (Fsp3) is 0.778. The van der Waals surface area contributed by atoms with Crippen molar-refractivity contribution in [3.05, 3.63) is 11.1 Å². The van der Waals surface area contributed by atoms with E-state index in [1.54, 1.807) is 11.1 Å². The van der Waals surface area contributed by atoms with Gasteiger partial charge in [-0.15, -0.1) is 0 Å². The Morgan fingerprint density at radius 2 is 1.89 bits per heavy atom. The van der Waals surface area contributed by atoms with Crippen molar-refractivity contribution < 1.29 is 0 Å². The summed E-state index contributed by atoms with van der Waals surface area (Å²) in [6.45, 7) is 4.73. The van der Waals surface area contributed by atoms with Gasteiger partial charge in [-0.3, -0.25) is 0 Å². The molecule has 0 nitrogen and oxygen atoms in total. The van der Waals surface area contributed by atoms with Gasteiger partial charge < -0.3 is 0 Å². The maximum absolute atomic E-state index is 2.40. The molecule has 0 aromatic rings. The summed E-state index contributed by atoms with van der Waals surface area (Å²) < 4.78 is 0. The second-order valence-corrected chi connectivity index (χ2v) is 3.79. The molecule has 0 saturated heterocycles. The number of allylic oxidation sites excluding steroid dienone is 2. The second kappa shape index (κ2) is 1.42. The van der Waals surface area contributed by atoms with E-state index in [1.165, 1.54) is 25.7 Å². The predicted molar refractivity (Wildman–Crippen MR) is 39.3 cm³/mol. The van der Waals surface area contributed by atoms with E-state index in [4.69, 9.17) is 0 Å². The predicted octanol–water partition coefficient (Wildman–Crippen LogP) is 2.90. The first-order valence-corrected chi connectivity index (χ1v) is 3.91. The summed E-state index contributed by atoms with van der Waals surface area (Å²) in [5.74, 6) is 0. The van der Waals surface area contributed by atoms with Crippen molar-refractivity contribution in [3.63, 3.8) is 0 Å². The van der Waals surface area contributed by atoms with Gasteiger partial charge in [0.1, 0.15) is 0 Å². The largest absolute Gasteiger partial charge is 0.0701 e. The highest BCUT2D eigenvalue weighted by Crippen LogP contribution is 2.55. The highest BCUT2D eigenvalue weighted by Gasteiger charge is 2.41. The van der Waals surface area contributed by atoms with Crippen molar-refractivity contribution in [1.82, 2.24) is 0 Å². The van der Waals surface area contributed by atoms with Crippen LogP contribution >= 0.6 is 0 Å². The van der Waals surface area contributed by atoms with Crippen molar-refractivity contribution in [3.8, 4) is 0 Å². The fourth-order valence-corrected chi connectivity index (χ4v) is 1.43. The van der Waals surface area contributed by atoms with E-state index in [0.29, 0.717) is 5.41 Å². The van der Waals surface area contributed by atoms with E-state index in [-0.39, 0.29) is 0 Å². The van der Waals surface area contributed by atoms with Crippen LogP contribution in [0.2, 0.25) is 0 Å². The summed E-state index contributed by atoms with van der Waals surface area (Å²) in [6.07, 6.45) is 5.70. The molecule has 2 saturated carbocycles. The summed E-state index contributed by atoms with van der Waals surface area (Å²) in [5, 5.41) is 0. The molecule has 0 radical (unpaired) electrons. The summed E-state index contributed by atoms with van der Waals surface area (Å²) in [5.41, 5.74) is 4.16. The average Bonchev–Trinajstić information content (AvgIpc) is 2.54. The van der Waals surface area contributed by atoms with E-state index in [1.807, 2.05) is 0 Å². The van der Waals surface area contributed by atoms with Gasteiger partial charge >= 0.3 is 0 Å². The minimum absolute atomic E-state index is 0.672. The van der Waals surface area contributed by atoms with Crippen LogP contribution in [0, 0.1) is 5.41 Å². The van der Waals surface area contributed by atoms with E-state index in [9.17, 15) is 0 Å². The maximum Gasteiger partial charge on any atom is -0.0116 e. The Kier molecular flexibility index (Phi) is 0.870. The number of hydrogen-bond donors (Lipinski definition) is 0. The van der Waals surface area contributed by atoms with Gasteiger partial charge in [0.2, 0.25) is 0 Å². The molecule has 0 heterocycles. The van der Waals surface area contributed by atoms with E-state index in [2.05, 4.69) is 13.8 Å². The fourth-order valence-electron chi connectivity index (χ4n) is 1.43. The molecule has 0 spiro atoms. The molecule has 2 rings (SSSR count). The Morgan fingerprint density at radius 3 is 2.22 bits per heavy atom. The second-order valence-electron chi connectivity index (χ2n) is 3.79. The summed E-state index contributed by atoms with van der Waals surface area (Å²) in [6, 6.07) is 0.